The molecule has 1 fully saturated rings. The number of fused-ring (bicyclic) bond motifs is 1. The van der Waals surface area contributed by atoms with Crippen molar-refractivity contribution in [3.8, 4) is 0 Å². The molecule has 1 aromatic carbocycles. The monoisotopic (exact) mass is 476 g/mol. The molecule has 4 N–H and O–H groups in total. The molecule has 168 valence electrons. The SMILES string of the molecule is COC(=O)CN1CCC(Nc2ncc3ncnc(Nc4cc(Cl)c(N)c(Cl)c4)c3n2)CC1. The van der Waals surface area contributed by atoms with E-state index in [1.165, 1.54) is 13.4 Å². The smallest absolute Gasteiger partial charge is 0.319 e. The second kappa shape index (κ2) is 9.68. The van der Waals surface area contributed by atoms with Gasteiger partial charge in [0.25, 0.3) is 0 Å². The number of piperidine rings is 1. The molecule has 0 aliphatic carbocycles. The molecule has 0 saturated carbocycles. The molecular weight excluding hydrogens is 455 g/mol. The van der Waals surface area contributed by atoms with E-state index in [0.29, 0.717) is 50.8 Å². The van der Waals surface area contributed by atoms with Crippen molar-refractivity contribution in [2.24, 2.45) is 0 Å². The molecule has 0 amide bonds. The van der Waals surface area contributed by atoms with Crippen molar-refractivity contribution < 1.29 is 9.53 Å². The number of hydrogen-bond acceptors (Lipinski definition) is 10. The van der Waals surface area contributed by atoms with Crippen molar-refractivity contribution >= 4 is 63.3 Å². The number of likely N-dealkylation sites (tertiary alicyclic amines) is 1. The largest absolute Gasteiger partial charge is 0.468 e. The van der Waals surface area contributed by atoms with Crippen LogP contribution in [0.1, 0.15) is 12.8 Å². The maximum Gasteiger partial charge on any atom is 0.319 e. The molecule has 0 unspecified atom stereocenters. The van der Waals surface area contributed by atoms with E-state index in [1.54, 1.807) is 18.3 Å². The lowest BCUT2D eigenvalue weighted by Gasteiger charge is -2.31. The second-order valence-electron chi connectivity index (χ2n) is 7.40. The highest BCUT2D eigenvalue weighted by molar-refractivity contribution is 6.39. The van der Waals surface area contributed by atoms with Gasteiger partial charge in [0.05, 0.1) is 35.6 Å². The summed E-state index contributed by atoms with van der Waals surface area (Å²) in [7, 11) is 1.40. The molecule has 1 saturated heterocycles. The summed E-state index contributed by atoms with van der Waals surface area (Å²) in [5.41, 5.74) is 7.90. The van der Waals surface area contributed by atoms with Crippen LogP contribution >= 0.6 is 23.2 Å². The highest BCUT2D eigenvalue weighted by Crippen LogP contribution is 2.33. The number of halogens is 2. The van der Waals surface area contributed by atoms with Crippen LogP contribution in [-0.2, 0) is 9.53 Å². The lowest BCUT2D eigenvalue weighted by Crippen LogP contribution is -2.41. The average Bonchev–Trinajstić information content (AvgIpc) is 2.79. The van der Waals surface area contributed by atoms with Gasteiger partial charge in [-0.05, 0) is 25.0 Å². The van der Waals surface area contributed by atoms with Crippen molar-refractivity contribution in [1.29, 1.82) is 0 Å². The van der Waals surface area contributed by atoms with Crippen molar-refractivity contribution in [2.75, 3.05) is 43.1 Å². The maximum atomic E-state index is 11.5. The number of methoxy groups -OCH3 is 1. The Hall–Kier alpha value is -2.95. The van der Waals surface area contributed by atoms with Crippen LogP contribution in [-0.4, -0.2) is 63.6 Å². The van der Waals surface area contributed by atoms with Gasteiger partial charge in [0.15, 0.2) is 5.82 Å². The fourth-order valence-electron chi connectivity index (χ4n) is 3.47. The van der Waals surface area contributed by atoms with Gasteiger partial charge in [-0.25, -0.2) is 19.9 Å². The maximum absolute atomic E-state index is 11.5. The van der Waals surface area contributed by atoms with Crippen molar-refractivity contribution in [2.45, 2.75) is 18.9 Å². The van der Waals surface area contributed by atoms with E-state index in [9.17, 15) is 4.79 Å². The van der Waals surface area contributed by atoms with Gasteiger partial charge in [0.1, 0.15) is 17.4 Å². The Morgan fingerprint density at radius 1 is 1.22 bits per heavy atom. The molecule has 10 nitrogen and oxygen atoms in total. The summed E-state index contributed by atoms with van der Waals surface area (Å²) < 4.78 is 4.73. The fraction of sp³-hybridized carbons (Fsp3) is 0.350. The summed E-state index contributed by atoms with van der Waals surface area (Å²) in [6.45, 7) is 1.88. The summed E-state index contributed by atoms with van der Waals surface area (Å²) in [6.07, 6.45) is 4.79. The van der Waals surface area contributed by atoms with Crippen LogP contribution in [0.25, 0.3) is 11.0 Å². The van der Waals surface area contributed by atoms with Gasteiger partial charge >= 0.3 is 5.97 Å². The summed E-state index contributed by atoms with van der Waals surface area (Å²) in [5, 5.41) is 7.23. The molecular formula is C20H22Cl2N8O2. The highest BCUT2D eigenvalue weighted by atomic mass is 35.5. The summed E-state index contributed by atoms with van der Waals surface area (Å²) in [5.74, 6) is 0.748. The minimum absolute atomic E-state index is 0.192. The van der Waals surface area contributed by atoms with E-state index in [2.05, 4.69) is 35.5 Å². The number of esters is 1. The zero-order chi connectivity index (χ0) is 22.7. The van der Waals surface area contributed by atoms with E-state index in [1.807, 2.05) is 0 Å². The van der Waals surface area contributed by atoms with Crippen molar-refractivity contribution in [3.05, 3.63) is 34.7 Å². The third-order valence-electron chi connectivity index (χ3n) is 5.22. The van der Waals surface area contributed by atoms with Gasteiger partial charge < -0.3 is 21.1 Å². The molecule has 3 aromatic rings. The first-order valence-electron chi connectivity index (χ1n) is 9.98. The topological polar surface area (TPSA) is 131 Å². The molecule has 1 aliphatic rings. The number of benzene rings is 1. The van der Waals surface area contributed by atoms with Crippen molar-refractivity contribution in [3.63, 3.8) is 0 Å². The Balaban J connectivity index is 1.49. The van der Waals surface area contributed by atoms with E-state index in [-0.39, 0.29) is 12.0 Å². The number of rotatable bonds is 6. The molecule has 0 radical (unpaired) electrons. The fourth-order valence-corrected chi connectivity index (χ4v) is 3.96. The number of carbonyl (C=O) groups excluding carboxylic acids is 1. The van der Waals surface area contributed by atoms with E-state index < -0.39 is 0 Å². The number of nitrogen functional groups attached to an aromatic ring is 1. The first-order valence-corrected chi connectivity index (χ1v) is 10.7. The zero-order valence-electron chi connectivity index (χ0n) is 17.3. The van der Waals surface area contributed by atoms with Gasteiger partial charge in [-0.15, -0.1) is 0 Å². The van der Waals surface area contributed by atoms with Crippen LogP contribution in [0, 0.1) is 0 Å². The van der Waals surface area contributed by atoms with Gasteiger partial charge in [-0.3, -0.25) is 9.69 Å². The van der Waals surface area contributed by atoms with E-state index in [0.717, 1.165) is 25.9 Å². The lowest BCUT2D eigenvalue weighted by atomic mass is 10.1. The van der Waals surface area contributed by atoms with Crippen LogP contribution in [0.5, 0.6) is 0 Å². The number of nitrogens with zero attached hydrogens (tertiary/aromatic N) is 5. The highest BCUT2D eigenvalue weighted by Gasteiger charge is 2.22. The number of nitrogens with one attached hydrogen (secondary N) is 2. The molecule has 2 aromatic heterocycles. The Morgan fingerprint density at radius 2 is 1.94 bits per heavy atom. The minimum atomic E-state index is -0.224. The van der Waals surface area contributed by atoms with Gasteiger partial charge in [0.2, 0.25) is 5.95 Å². The normalized spacial score (nSPS) is 15.0. The molecule has 32 heavy (non-hydrogen) atoms. The predicted octanol–water partition coefficient (Wildman–Crippen LogP) is 3.10. The van der Waals surface area contributed by atoms with Gasteiger partial charge in [-0.1, -0.05) is 23.2 Å². The van der Waals surface area contributed by atoms with Gasteiger partial charge in [-0.2, -0.15) is 0 Å². The van der Waals surface area contributed by atoms with Crippen LogP contribution in [0.2, 0.25) is 10.0 Å². The van der Waals surface area contributed by atoms with Crippen LogP contribution in [0.15, 0.2) is 24.7 Å². The van der Waals surface area contributed by atoms with Gasteiger partial charge in [0, 0.05) is 24.8 Å². The Kier molecular flexibility index (Phi) is 6.73. The summed E-state index contributed by atoms with van der Waals surface area (Å²) in [6, 6.07) is 3.52. The van der Waals surface area contributed by atoms with E-state index >= 15 is 0 Å². The predicted molar refractivity (Wildman–Crippen MR) is 124 cm³/mol. The van der Waals surface area contributed by atoms with Crippen molar-refractivity contribution in [1.82, 2.24) is 24.8 Å². The first kappa shape index (κ1) is 22.3. The number of ether oxygens (including phenoxy) is 1. The van der Waals surface area contributed by atoms with Crippen LogP contribution in [0.4, 0.5) is 23.1 Å². The second-order valence-corrected chi connectivity index (χ2v) is 8.21. The molecule has 0 atom stereocenters. The third kappa shape index (κ3) is 5.09. The van der Waals surface area contributed by atoms with Crippen LogP contribution in [0.3, 0.4) is 0 Å². The summed E-state index contributed by atoms with van der Waals surface area (Å²) in [4.78, 5) is 31.1. The Morgan fingerprint density at radius 3 is 2.62 bits per heavy atom. The zero-order valence-corrected chi connectivity index (χ0v) is 18.8. The summed E-state index contributed by atoms with van der Waals surface area (Å²) >= 11 is 12.3. The Bertz CT molecular complexity index is 1110. The van der Waals surface area contributed by atoms with Crippen LogP contribution < -0.4 is 16.4 Å². The lowest BCUT2D eigenvalue weighted by molar-refractivity contribution is -0.142. The quantitative estimate of drug-likeness (QED) is 0.360. The molecule has 1 aliphatic heterocycles. The number of aromatic nitrogens is 4. The third-order valence-corrected chi connectivity index (χ3v) is 5.85. The number of nitrogens with two attached hydrogens (primary N) is 1. The molecule has 0 spiro atoms. The molecule has 0 bridgehead atoms. The molecule has 4 rings (SSSR count). The molecule has 3 heterocycles. The first-order chi connectivity index (χ1) is 15.4. The Labute approximate surface area is 194 Å². The molecule has 12 heteroatoms. The average molecular weight is 477 g/mol. The minimum Gasteiger partial charge on any atom is -0.468 e. The van der Waals surface area contributed by atoms with E-state index in [4.69, 9.17) is 33.7 Å². The number of anilines is 4. The number of carbonyl (C=O) groups is 1. The standard InChI is InChI=1S/C20H22Cl2N8O2/c1-32-16(31)9-30-4-2-11(3-5-30)28-20-24-8-15-18(29-20)19(26-10-25-15)27-12-6-13(21)17(23)14(22)7-12/h6-8,10-11H,2-5,9,23H2,1H3,(H,24,28,29)(H,25,26,27). The number of hydrogen-bond donors (Lipinski definition) is 3.